The van der Waals surface area contributed by atoms with E-state index < -0.39 is 7.82 Å². The van der Waals surface area contributed by atoms with Crippen LogP contribution in [-0.2, 0) is 4.57 Å². The molecule has 9 N–H and O–H groups in total. The maximum absolute atomic E-state index is 8.91. The second kappa shape index (κ2) is 4.85. The molecule has 1 aromatic rings. The lowest BCUT2D eigenvalue weighted by atomic mass is 10.2. The summed E-state index contributed by atoms with van der Waals surface area (Å²) in [6, 6.07) is 2.56. The van der Waals surface area contributed by atoms with Crippen LogP contribution in [0, 0.1) is 0 Å². The van der Waals surface area contributed by atoms with Gasteiger partial charge in [0.25, 0.3) is 0 Å². The van der Waals surface area contributed by atoms with Gasteiger partial charge >= 0.3 is 7.82 Å². The van der Waals surface area contributed by atoms with E-state index in [9.17, 15) is 0 Å². The van der Waals surface area contributed by atoms with E-state index in [-0.39, 0.29) is 22.9 Å². The van der Waals surface area contributed by atoms with E-state index in [0.717, 1.165) is 0 Å². The molecule has 0 aliphatic rings. The van der Waals surface area contributed by atoms with Gasteiger partial charge in [0.05, 0.1) is 0 Å². The third-order valence-electron chi connectivity index (χ3n) is 1.24. The van der Waals surface area contributed by atoms with Gasteiger partial charge in [0.15, 0.2) is 0 Å². The molecule has 1 aromatic carbocycles. The molecule has 1 rings (SSSR count). The summed E-state index contributed by atoms with van der Waals surface area (Å²) < 4.78 is 8.88. The van der Waals surface area contributed by atoms with Crippen molar-refractivity contribution in [2.75, 3.05) is 11.5 Å². The zero-order chi connectivity index (χ0) is 12.2. The molecular formula is C6H11N2O6P. The van der Waals surface area contributed by atoms with Crippen LogP contribution >= 0.6 is 7.82 Å². The van der Waals surface area contributed by atoms with Gasteiger partial charge in [-0.3, -0.25) is 0 Å². The average Bonchev–Trinajstić information content (AvgIpc) is 2.05. The third-order valence-corrected chi connectivity index (χ3v) is 1.24. The van der Waals surface area contributed by atoms with Crippen LogP contribution in [-0.4, -0.2) is 24.9 Å². The summed E-state index contributed by atoms with van der Waals surface area (Å²) in [5.74, 6) is -0.231. The molecule has 0 fully saturated rings. The van der Waals surface area contributed by atoms with Crippen molar-refractivity contribution in [2.45, 2.75) is 0 Å². The number of rotatable bonds is 0. The maximum atomic E-state index is 8.91. The van der Waals surface area contributed by atoms with Crippen molar-refractivity contribution in [2.24, 2.45) is 0 Å². The Hall–Kier alpha value is -1.47. The van der Waals surface area contributed by atoms with Crippen LogP contribution in [0.3, 0.4) is 0 Å². The Bertz CT molecular complexity index is 354. The molecule has 0 saturated carbocycles. The zero-order valence-corrected chi connectivity index (χ0v) is 8.30. The molecule has 0 aliphatic carbocycles. The van der Waals surface area contributed by atoms with Crippen LogP contribution in [0.4, 0.5) is 11.4 Å². The Morgan fingerprint density at radius 2 is 1.13 bits per heavy atom. The Morgan fingerprint density at radius 1 is 0.933 bits per heavy atom. The van der Waals surface area contributed by atoms with Crippen molar-refractivity contribution in [3.05, 3.63) is 12.1 Å². The minimum absolute atomic E-state index is 0.0139. The van der Waals surface area contributed by atoms with E-state index in [1.54, 1.807) is 0 Å². The van der Waals surface area contributed by atoms with Crippen LogP contribution < -0.4 is 11.5 Å². The van der Waals surface area contributed by atoms with Crippen molar-refractivity contribution in [1.29, 1.82) is 0 Å². The summed E-state index contributed by atoms with van der Waals surface area (Å²) in [7, 11) is -4.64. The molecule has 0 radical (unpaired) electrons. The highest BCUT2D eigenvalue weighted by atomic mass is 31.2. The van der Waals surface area contributed by atoms with Gasteiger partial charge < -0.3 is 36.4 Å². The predicted molar refractivity (Wildman–Crippen MR) is 52.9 cm³/mol. The van der Waals surface area contributed by atoms with Crippen molar-refractivity contribution in [3.8, 4) is 11.5 Å². The molecule has 8 nitrogen and oxygen atoms in total. The smallest absolute Gasteiger partial charge is 0.466 e. The number of phosphoric acid groups is 1. The molecule has 0 spiro atoms. The fourth-order valence-corrected chi connectivity index (χ4v) is 0.613. The molecule has 0 aromatic heterocycles. The summed E-state index contributed by atoms with van der Waals surface area (Å²) in [4.78, 5) is 21.6. The number of phenolic OH excluding ortho intramolecular Hbond substituents is 2. The fraction of sp³-hybridized carbons (Fsp3) is 0. The number of anilines is 2. The van der Waals surface area contributed by atoms with E-state index in [1.165, 1.54) is 12.1 Å². The first-order valence-electron chi connectivity index (χ1n) is 3.47. The molecule has 9 heteroatoms. The first-order valence-corrected chi connectivity index (χ1v) is 5.03. The minimum atomic E-state index is -4.64. The summed E-state index contributed by atoms with van der Waals surface area (Å²) >= 11 is 0. The molecule has 0 bridgehead atoms. The van der Waals surface area contributed by atoms with Crippen molar-refractivity contribution >= 4 is 19.2 Å². The zero-order valence-electron chi connectivity index (χ0n) is 7.40. The predicted octanol–water partition coefficient (Wildman–Crippen LogP) is -0.666. The van der Waals surface area contributed by atoms with Crippen LogP contribution in [0.2, 0.25) is 0 Å². The largest absolute Gasteiger partial charge is 0.506 e. The van der Waals surface area contributed by atoms with E-state index in [4.69, 9.17) is 40.9 Å². The number of nitrogens with two attached hydrogens (primary N) is 2. The molecule has 0 amide bonds. The second-order valence-corrected chi connectivity index (χ2v) is 3.47. The first kappa shape index (κ1) is 13.5. The quantitative estimate of drug-likeness (QED) is 0.135. The number of aromatic hydroxyl groups is 2. The Morgan fingerprint density at radius 3 is 1.33 bits per heavy atom. The van der Waals surface area contributed by atoms with Crippen LogP contribution in [0.25, 0.3) is 0 Å². The Kier molecular flexibility index (Phi) is 4.38. The lowest BCUT2D eigenvalue weighted by Gasteiger charge is -2.03. The van der Waals surface area contributed by atoms with Gasteiger partial charge in [0.1, 0.15) is 22.9 Å². The highest BCUT2D eigenvalue weighted by Crippen LogP contribution is 2.33. The highest BCUT2D eigenvalue weighted by Gasteiger charge is 2.04. The highest BCUT2D eigenvalue weighted by molar-refractivity contribution is 7.45. The first-order chi connectivity index (χ1) is 6.63. The minimum Gasteiger partial charge on any atom is -0.506 e. The van der Waals surface area contributed by atoms with Gasteiger partial charge in [-0.05, 0) is 12.1 Å². The fourth-order valence-electron chi connectivity index (χ4n) is 0.613. The number of hydrogen-bond acceptors (Lipinski definition) is 5. The van der Waals surface area contributed by atoms with Crippen LogP contribution in [0.15, 0.2) is 12.1 Å². The van der Waals surface area contributed by atoms with E-state index >= 15 is 0 Å². The summed E-state index contributed by atoms with van der Waals surface area (Å²) in [6.07, 6.45) is 0. The Balaban J connectivity index is 0.000000336. The summed E-state index contributed by atoms with van der Waals surface area (Å²) in [5.41, 5.74) is 10.5. The van der Waals surface area contributed by atoms with E-state index in [2.05, 4.69) is 0 Å². The molecule has 15 heavy (non-hydrogen) atoms. The van der Waals surface area contributed by atoms with Gasteiger partial charge in [-0.2, -0.15) is 0 Å². The summed E-state index contributed by atoms with van der Waals surface area (Å²) in [6.45, 7) is 0. The van der Waals surface area contributed by atoms with Crippen LogP contribution in [0.5, 0.6) is 11.5 Å². The summed E-state index contributed by atoms with van der Waals surface area (Å²) in [5, 5.41) is 17.8. The van der Waals surface area contributed by atoms with Gasteiger partial charge in [0, 0.05) is 0 Å². The lowest BCUT2D eigenvalue weighted by Crippen LogP contribution is -1.94. The Labute approximate surface area is 84.6 Å². The van der Waals surface area contributed by atoms with Gasteiger partial charge in [-0.15, -0.1) is 0 Å². The molecule has 0 heterocycles. The standard InChI is InChI=1S/C6H8N2O2.H3O4P/c7-5-3(9)1-2-4(10)6(5)8;1-5(2,3)4/h1-2,9-10H,7-8H2;(H3,1,2,3,4). The van der Waals surface area contributed by atoms with Crippen molar-refractivity contribution in [3.63, 3.8) is 0 Å². The second-order valence-electron chi connectivity index (χ2n) is 2.44. The van der Waals surface area contributed by atoms with Crippen molar-refractivity contribution in [1.82, 2.24) is 0 Å². The molecule has 0 unspecified atom stereocenters. The number of benzene rings is 1. The number of hydrogen-bond donors (Lipinski definition) is 7. The monoisotopic (exact) mass is 238 g/mol. The topological polar surface area (TPSA) is 170 Å². The maximum Gasteiger partial charge on any atom is 0.466 e. The van der Waals surface area contributed by atoms with E-state index in [1.807, 2.05) is 0 Å². The number of phenols is 2. The van der Waals surface area contributed by atoms with Gasteiger partial charge in [-0.25, -0.2) is 4.57 Å². The number of nitrogen functional groups attached to an aromatic ring is 2. The van der Waals surface area contributed by atoms with Gasteiger partial charge in [-0.1, -0.05) is 0 Å². The SMILES string of the molecule is Nc1c(O)ccc(O)c1N.O=P(O)(O)O. The molecular weight excluding hydrogens is 227 g/mol. The third kappa shape index (κ3) is 5.76. The van der Waals surface area contributed by atoms with E-state index in [0.29, 0.717) is 0 Å². The van der Waals surface area contributed by atoms with Crippen molar-refractivity contribution < 1.29 is 29.5 Å². The molecule has 0 saturated heterocycles. The van der Waals surface area contributed by atoms with Gasteiger partial charge in [0.2, 0.25) is 0 Å². The van der Waals surface area contributed by atoms with Crippen LogP contribution in [0.1, 0.15) is 0 Å². The normalized spacial score (nSPS) is 10.3. The molecule has 0 atom stereocenters. The molecule has 86 valence electrons. The molecule has 0 aliphatic heterocycles. The lowest BCUT2D eigenvalue weighted by molar-refractivity contribution is 0.275. The average molecular weight is 238 g/mol.